The molecule has 2 aromatic rings. The number of Topliss-reactive ketones (excluding diaryl/α,β-unsaturated/α-hetero) is 1. The minimum Gasteiger partial charge on any atom is -0.445 e. The van der Waals surface area contributed by atoms with Crippen molar-refractivity contribution in [3.8, 4) is 0 Å². The van der Waals surface area contributed by atoms with E-state index in [4.69, 9.17) is 4.74 Å². The summed E-state index contributed by atoms with van der Waals surface area (Å²) in [5, 5.41) is 5.14. The fourth-order valence-corrected chi connectivity index (χ4v) is 2.52. The molecule has 2 rings (SSSR count). The van der Waals surface area contributed by atoms with Gasteiger partial charge in [0.15, 0.2) is 5.78 Å². The molecule has 0 aliphatic rings. The van der Waals surface area contributed by atoms with Crippen molar-refractivity contribution in [3.05, 3.63) is 71.5 Å². The van der Waals surface area contributed by atoms with Crippen molar-refractivity contribution in [1.82, 2.24) is 10.6 Å². The van der Waals surface area contributed by atoms with Crippen molar-refractivity contribution < 1.29 is 23.5 Å². The van der Waals surface area contributed by atoms with Crippen molar-refractivity contribution in [3.63, 3.8) is 0 Å². The van der Waals surface area contributed by atoms with Crippen LogP contribution in [-0.4, -0.2) is 29.9 Å². The summed E-state index contributed by atoms with van der Waals surface area (Å²) in [6.45, 7) is 4.93. The van der Waals surface area contributed by atoms with E-state index in [2.05, 4.69) is 10.6 Å². The van der Waals surface area contributed by atoms with Gasteiger partial charge in [-0.1, -0.05) is 44.2 Å². The van der Waals surface area contributed by atoms with Crippen LogP contribution in [0.1, 0.15) is 36.7 Å². The molecule has 0 fully saturated rings. The Labute approximate surface area is 169 Å². The van der Waals surface area contributed by atoms with Crippen LogP contribution in [0.2, 0.25) is 0 Å². The van der Waals surface area contributed by atoms with E-state index in [1.807, 2.05) is 30.3 Å². The second-order valence-electron chi connectivity index (χ2n) is 7.16. The van der Waals surface area contributed by atoms with Crippen molar-refractivity contribution in [2.75, 3.05) is 6.54 Å². The Morgan fingerprint density at radius 3 is 2.24 bits per heavy atom. The van der Waals surface area contributed by atoms with E-state index < -0.39 is 23.4 Å². The number of rotatable bonds is 8. The van der Waals surface area contributed by atoms with Gasteiger partial charge in [-0.2, -0.15) is 0 Å². The average Bonchev–Trinajstić information content (AvgIpc) is 2.71. The number of benzene rings is 2. The molecule has 0 saturated carbocycles. The van der Waals surface area contributed by atoms with Gasteiger partial charge in [-0.15, -0.1) is 0 Å². The molecule has 0 saturated heterocycles. The zero-order valence-electron chi connectivity index (χ0n) is 16.7. The van der Waals surface area contributed by atoms with E-state index in [0.29, 0.717) is 0 Å². The third-order valence-electron chi connectivity index (χ3n) is 4.78. The molecule has 0 aliphatic carbocycles. The molecule has 2 amide bonds. The Balaban J connectivity index is 1.94. The van der Waals surface area contributed by atoms with Crippen molar-refractivity contribution in [1.29, 1.82) is 0 Å². The van der Waals surface area contributed by atoms with Crippen LogP contribution < -0.4 is 10.6 Å². The van der Waals surface area contributed by atoms with E-state index >= 15 is 0 Å². The smallest absolute Gasteiger partial charge is 0.408 e. The van der Waals surface area contributed by atoms with E-state index in [1.165, 1.54) is 24.3 Å². The highest BCUT2D eigenvalue weighted by molar-refractivity contribution is 6.00. The molecule has 2 aromatic carbocycles. The molecule has 2 N–H and O–H groups in total. The number of nitrogens with one attached hydrogen (secondary N) is 2. The largest absolute Gasteiger partial charge is 0.445 e. The van der Waals surface area contributed by atoms with Gasteiger partial charge in [0.2, 0.25) is 5.91 Å². The lowest BCUT2D eigenvalue weighted by Gasteiger charge is -2.32. The number of halogens is 1. The van der Waals surface area contributed by atoms with Crippen LogP contribution in [-0.2, 0) is 16.1 Å². The van der Waals surface area contributed by atoms with Crippen LogP contribution in [0.15, 0.2) is 54.6 Å². The maximum Gasteiger partial charge on any atom is 0.408 e. The second-order valence-corrected chi connectivity index (χ2v) is 7.16. The molecule has 7 heteroatoms. The highest BCUT2D eigenvalue weighted by Gasteiger charge is 2.38. The third-order valence-corrected chi connectivity index (χ3v) is 4.78. The fraction of sp³-hybridized carbons (Fsp3) is 0.318. The first-order chi connectivity index (χ1) is 13.7. The van der Waals surface area contributed by atoms with Crippen molar-refractivity contribution >= 4 is 17.8 Å². The topological polar surface area (TPSA) is 84.5 Å². The molecule has 0 spiro atoms. The minimum atomic E-state index is -1.28. The number of ether oxygens (including phenoxy) is 1. The minimum absolute atomic E-state index is 0.0749. The molecule has 154 valence electrons. The summed E-state index contributed by atoms with van der Waals surface area (Å²) >= 11 is 0. The Bertz CT molecular complexity index is 853. The Kier molecular flexibility index (Phi) is 7.47. The van der Waals surface area contributed by atoms with Gasteiger partial charge in [-0.3, -0.25) is 9.59 Å². The Hall–Kier alpha value is -3.22. The molecule has 0 aromatic heterocycles. The Morgan fingerprint density at radius 1 is 1.03 bits per heavy atom. The molecule has 0 bridgehead atoms. The first kappa shape index (κ1) is 22.1. The summed E-state index contributed by atoms with van der Waals surface area (Å²) < 4.78 is 18.2. The maximum atomic E-state index is 13.0. The zero-order valence-corrected chi connectivity index (χ0v) is 16.7. The summed E-state index contributed by atoms with van der Waals surface area (Å²) in [4.78, 5) is 37.1. The highest BCUT2D eigenvalue weighted by atomic mass is 19.1. The number of alkyl carbamates (subject to hydrolysis) is 1. The molecule has 6 nitrogen and oxygen atoms in total. The van der Waals surface area contributed by atoms with Crippen LogP contribution in [0.25, 0.3) is 0 Å². The van der Waals surface area contributed by atoms with Crippen LogP contribution in [0.5, 0.6) is 0 Å². The van der Waals surface area contributed by atoms with Crippen LogP contribution >= 0.6 is 0 Å². The first-order valence-corrected chi connectivity index (χ1v) is 9.28. The molecule has 1 unspecified atom stereocenters. The molecule has 29 heavy (non-hydrogen) atoms. The number of ketones is 1. The molecular formula is C22H25FN2O4. The third kappa shape index (κ3) is 6.14. The number of amides is 2. The van der Waals surface area contributed by atoms with Gasteiger partial charge in [0.05, 0.1) is 6.54 Å². The van der Waals surface area contributed by atoms with Crippen molar-refractivity contribution in [2.45, 2.75) is 32.9 Å². The van der Waals surface area contributed by atoms with Gasteiger partial charge in [-0.25, -0.2) is 9.18 Å². The van der Waals surface area contributed by atoms with E-state index in [9.17, 15) is 18.8 Å². The van der Waals surface area contributed by atoms with Crippen molar-refractivity contribution in [2.24, 2.45) is 5.92 Å². The zero-order chi connectivity index (χ0) is 21.4. The average molecular weight is 400 g/mol. The van der Waals surface area contributed by atoms with Gasteiger partial charge in [0.1, 0.15) is 18.0 Å². The lowest BCUT2D eigenvalue weighted by molar-refractivity contribution is -0.128. The number of hydrogen-bond acceptors (Lipinski definition) is 4. The van der Waals surface area contributed by atoms with Gasteiger partial charge in [-0.05, 0) is 42.7 Å². The Morgan fingerprint density at radius 2 is 1.66 bits per heavy atom. The second kappa shape index (κ2) is 9.82. The molecule has 0 aliphatic heterocycles. The predicted octanol–water partition coefficient (Wildman–Crippen LogP) is 3.47. The molecular weight excluding hydrogens is 375 g/mol. The summed E-state index contributed by atoms with van der Waals surface area (Å²) in [5.74, 6) is -1.60. The molecule has 1 atom stereocenters. The SMILES string of the molecule is CC(C)C(C)(NC(=O)OCc1ccccc1)C(=O)NCC(=O)c1ccc(F)cc1. The molecule has 0 heterocycles. The van der Waals surface area contributed by atoms with E-state index in [1.54, 1.807) is 20.8 Å². The summed E-state index contributed by atoms with van der Waals surface area (Å²) in [6.07, 6.45) is -0.731. The number of hydrogen-bond donors (Lipinski definition) is 2. The van der Waals surface area contributed by atoms with Crippen LogP contribution in [0, 0.1) is 11.7 Å². The van der Waals surface area contributed by atoms with E-state index in [-0.39, 0.29) is 30.4 Å². The predicted molar refractivity (Wildman–Crippen MR) is 107 cm³/mol. The van der Waals surface area contributed by atoms with Crippen LogP contribution in [0.4, 0.5) is 9.18 Å². The van der Waals surface area contributed by atoms with Gasteiger partial charge in [0, 0.05) is 5.56 Å². The van der Waals surface area contributed by atoms with Crippen LogP contribution in [0.3, 0.4) is 0 Å². The maximum absolute atomic E-state index is 13.0. The first-order valence-electron chi connectivity index (χ1n) is 9.28. The lowest BCUT2D eigenvalue weighted by Crippen LogP contribution is -2.60. The lowest BCUT2D eigenvalue weighted by atomic mass is 9.87. The molecule has 0 radical (unpaired) electrons. The number of carbonyl (C=O) groups excluding carboxylic acids is 3. The highest BCUT2D eigenvalue weighted by Crippen LogP contribution is 2.17. The summed E-state index contributed by atoms with van der Waals surface area (Å²) in [7, 11) is 0. The summed E-state index contributed by atoms with van der Waals surface area (Å²) in [6, 6.07) is 14.2. The monoisotopic (exact) mass is 400 g/mol. The van der Waals surface area contributed by atoms with Gasteiger partial charge < -0.3 is 15.4 Å². The van der Waals surface area contributed by atoms with Gasteiger partial charge in [0.25, 0.3) is 0 Å². The number of carbonyl (C=O) groups is 3. The standard InChI is InChI=1S/C22H25FN2O4/c1-15(2)22(3,25-21(28)29-14-16-7-5-4-6-8-16)20(27)24-13-19(26)17-9-11-18(23)12-10-17/h4-12,15H,13-14H2,1-3H3,(H,24,27)(H,25,28). The normalized spacial score (nSPS) is 12.7. The fourth-order valence-electron chi connectivity index (χ4n) is 2.52. The van der Waals surface area contributed by atoms with Gasteiger partial charge >= 0.3 is 6.09 Å². The van der Waals surface area contributed by atoms with E-state index in [0.717, 1.165) is 5.56 Å². The quantitative estimate of drug-likeness (QED) is 0.665. The summed E-state index contributed by atoms with van der Waals surface area (Å²) in [5.41, 5.74) is -0.173.